The average Bonchev–Trinajstić information content (AvgIpc) is 2.66. The lowest BCUT2D eigenvalue weighted by molar-refractivity contribution is 0.280. The molecule has 1 heterocycles. The Morgan fingerprint density at radius 1 is 1.28 bits per heavy atom. The molecule has 1 aliphatic rings. The minimum absolute atomic E-state index is 0. The number of hydrogen-bond donors (Lipinski definition) is 2. The summed E-state index contributed by atoms with van der Waals surface area (Å²) in [5.74, 6) is 2.14. The summed E-state index contributed by atoms with van der Waals surface area (Å²) < 4.78 is 30.2. The maximum Gasteiger partial charge on any atom is 0.211 e. The van der Waals surface area contributed by atoms with Gasteiger partial charge in [0.05, 0.1) is 13.4 Å². The summed E-state index contributed by atoms with van der Waals surface area (Å²) in [6.45, 7) is 7.58. The van der Waals surface area contributed by atoms with Crippen molar-refractivity contribution in [1.29, 1.82) is 0 Å². The highest BCUT2D eigenvalue weighted by Crippen LogP contribution is 2.20. The van der Waals surface area contributed by atoms with Crippen molar-refractivity contribution < 1.29 is 13.2 Å². The molecular formula is C20H35IN4O3S. The lowest BCUT2D eigenvalue weighted by Gasteiger charge is -2.29. The summed E-state index contributed by atoms with van der Waals surface area (Å²) in [7, 11) is -1.38. The van der Waals surface area contributed by atoms with Gasteiger partial charge in [-0.1, -0.05) is 17.7 Å². The molecule has 0 aromatic heterocycles. The third kappa shape index (κ3) is 8.67. The number of guanidine groups is 1. The Hall–Kier alpha value is -1.07. The lowest BCUT2D eigenvalue weighted by atomic mass is 9.98. The molecule has 2 N–H and O–H groups in total. The highest BCUT2D eigenvalue weighted by molar-refractivity contribution is 14.0. The topological polar surface area (TPSA) is 83.0 Å². The number of halogens is 1. The van der Waals surface area contributed by atoms with Crippen molar-refractivity contribution in [2.24, 2.45) is 10.9 Å². The maximum absolute atomic E-state index is 11.6. The zero-order valence-corrected chi connectivity index (χ0v) is 21.0. The minimum Gasteiger partial charge on any atom is -0.496 e. The van der Waals surface area contributed by atoms with Gasteiger partial charge < -0.3 is 15.4 Å². The van der Waals surface area contributed by atoms with Crippen molar-refractivity contribution in [3.63, 3.8) is 0 Å². The first-order chi connectivity index (χ1) is 13.3. The van der Waals surface area contributed by atoms with Crippen LogP contribution >= 0.6 is 24.0 Å². The van der Waals surface area contributed by atoms with E-state index in [9.17, 15) is 8.42 Å². The monoisotopic (exact) mass is 538 g/mol. The first kappa shape index (κ1) is 26.0. The number of aliphatic imine (C=N–C) groups is 1. The van der Waals surface area contributed by atoms with Crippen molar-refractivity contribution in [1.82, 2.24) is 14.9 Å². The van der Waals surface area contributed by atoms with Gasteiger partial charge in [-0.25, -0.2) is 12.7 Å². The van der Waals surface area contributed by atoms with Crippen molar-refractivity contribution in [2.45, 2.75) is 33.1 Å². The second-order valence-corrected chi connectivity index (χ2v) is 9.30. The molecule has 0 unspecified atom stereocenters. The Bertz CT molecular complexity index is 763. The molecule has 0 spiro atoms. The van der Waals surface area contributed by atoms with Gasteiger partial charge in [-0.05, 0) is 50.7 Å². The van der Waals surface area contributed by atoms with Crippen molar-refractivity contribution in [3.8, 4) is 5.75 Å². The predicted octanol–water partition coefficient (Wildman–Crippen LogP) is 2.39. The van der Waals surface area contributed by atoms with E-state index in [-0.39, 0.29) is 24.0 Å². The number of nitrogens with one attached hydrogen (secondary N) is 2. The van der Waals surface area contributed by atoms with E-state index in [1.54, 1.807) is 11.4 Å². The SMILES string of the molecule is CCNC(=NCC1CCN(S(C)(=O)=O)CC1)NCCc1cc(C)ccc1OC.I. The van der Waals surface area contributed by atoms with E-state index >= 15 is 0 Å². The summed E-state index contributed by atoms with van der Waals surface area (Å²) in [6.07, 6.45) is 3.84. The number of nitrogens with zero attached hydrogens (tertiary/aromatic N) is 2. The molecule has 1 fully saturated rings. The number of ether oxygens (including phenoxy) is 1. The van der Waals surface area contributed by atoms with Gasteiger partial charge in [0.25, 0.3) is 0 Å². The van der Waals surface area contributed by atoms with E-state index in [1.165, 1.54) is 17.4 Å². The Morgan fingerprint density at radius 3 is 2.55 bits per heavy atom. The fourth-order valence-corrected chi connectivity index (χ4v) is 4.28. The molecule has 0 atom stereocenters. The molecule has 9 heteroatoms. The Kier molecular flexibility index (Phi) is 11.3. The van der Waals surface area contributed by atoms with E-state index in [2.05, 4.69) is 29.7 Å². The van der Waals surface area contributed by atoms with Crippen LogP contribution in [-0.2, 0) is 16.4 Å². The zero-order chi connectivity index (χ0) is 20.6. The van der Waals surface area contributed by atoms with Gasteiger partial charge >= 0.3 is 0 Å². The normalized spacial score (nSPS) is 16.2. The molecule has 166 valence electrons. The summed E-state index contributed by atoms with van der Waals surface area (Å²) in [5.41, 5.74) is 2.40. The van der Waals surface area contributed by atoms with Gasteiger partial charge in [0.1, 0.15) is 5.75 Å². The Balaban J connectivity index is 0.00000420. The van der Waals surface area contributed by atoms with Crippen LogP contribution in [0.3, 0.4) is 0 Å². The van der Waals surface area contributed by atoms with Crippen LogP contribution in [0.15, 0.2) is 23.2 Å². The van der Waals surface area contributed by atoms with Crippen LogP contribution in [0.2, 0.25) is 0 Å². The number of aryl methyl sites for hydroxylation is 1. The van der Waals surface area contributed by atoms with Crippen molar-refractivity contribution >= 4 is 40.0 Å². The number of methoxy groups -OCH3 is 1. The smallest absolute Gasteiger partial charge is 0.211 e. The van der Waals surface area contributed by atoms with Crippen molar-refractivity contribution in [3.05, 3.63) is 29.3 Å². The number of sulfonamides is 1. The second-order valence-electron chi connectivity index (χ2n) is 7.32. The first-order valence-electron chi connectivity index (χ1n) is 9.94. The first-order valence-corrected chi connectivity index (χ1v) is 11.8. The van der Waals surface area contributed by atoms with Gasteiger partial charge in [0.2, 0.25) is 10.0 Å². The van der Waals surface area contributed by atoms with Gasteiger partial charge in [-0.3, -0.25) is 4.99 Å². The molecule has 7 nitrogen and oxygen atoms in total. The number of benzene rings is 1. The highest BCUT2D eigenvalue weighted by atomic mass is 127. The van der Waals surface area contributed by atoms with Crippen LogP contribution in [0.1, 0.15) is 30.9 Å². The number of hydrogen-bond acceptors (Lipinski definition) is 4. The summed E-state index contributed by atoms with van der Waals surface area (Å²) in [6, 6.07) is 6.21. The maximum atomic E-state index is 11.6. The summed E-state index contributed by atoms with van der Waals surface area (Å²) in [5, 5.41) is 6.67. The molecular weight excluding hydrogens is 503 g/mol. The van der Waals surface area contributed by atoms with Gasteiger partial charge in [0.15, 0.2) is 5.96 Å². The van der Waals surface area contributed by atoms with Crippen LogP contribution < -0.4 is 15.4 Å². The Morgan fingerprint density at radius 2 is 1.97 bits per heavy atom. The van der Waals surface area contributed by atoms with Crippen LogP contribution in [0.25, 0.3) is 0 Å². The highest BCUT2D eigenvalue weighted by Gasteiger charge is 2.24. The molecule has 0 aliphatic carbocycles. The standard InChI is InChI=1S/C20H34N4O3S.HI/c1-5-21-20(22-11-8-18-14-16(2)6-7-19(18)27-3)23-15-17-9-12-24(13-10-17)28(4,25)26;/h6-7,14,17H,5,8-13,15H2,1-4H3,(H2,21,22,23);1H. The van der Waals surface area contributed by atoms with Gasteiger partial charge in [-0.2, -0.15) is 0 Å². The van der Waals surface area contributed by atoms with E-state index in [0.29, 0.717) is 25.6 Å². The van der Waals surface area contributed by atoms with E-state index in [1.807, 2.05) is 13.0 Å². The Labute approximate surface area is 192 Å². The summed E-state index contributed by atoms with van der Waals surface area (Å²) >= 11 is 0. The van der Waals surface area contributed by atoms with Crippen LogP contribution in [0.5, 0.6) is 5.75 Å². The average molecular weight is 538 g/mol. The van der Waals surface area contributed by atoms with Gasteiger partial charge in [0, 0.05) is 32.7 Å². The molecule has 1 aromatic rings. The molecule has 1 saturated heterocycles. The molecule has 0 radical (unpaired) electrons. The molecule has 0 bridgehead atoms. The third-order valence-electron chi connectivity index (χ3n) is 5.02. The fourth-order valence-electron chi connectivity index (χ4n) is 3.40. The number of rotatable bonds is 8. The second kappa shape index (κ2) is 12.6. The van der Waals surface area contributed by atoms with Gasteiger partial charge in [-0.15, -0.1) is 24.0 Å². The minimum atomic E-state index is -3.07. The van der Waals surface area contributed by atoms with E-state index in [0.717, 1.165) is 44.1 Å². The van der Waals surface area contributed by atoms with E-state index in [4.69, 9.17) is 9.73 Å². The zero-order valence-electron chi connectivity index (χ0n) is 17.9. The van der Waals surface area contributed by atoms with Crippen molar-refractivity contribution in [2.75, 3.05) is 46.1 Å². The lowest BCUT2D eigenvalue weighted by Crippen LogP contribution is -2.40. The largest absolute Gasteiger partial charge is 0.496 e. The molecule has 2 rings (SSSR count). The number of piperidine rings is 1. The molecule has 0 amide bonds. The third-order valence-corrected chi connectivity index (χ3v) is 6.32. The quantitative estimate of drug-likeness (QED) is 0.302. The predicted molar refractivity (Wildman–Crippen MR) is 130 cm³/mol. The molecule has 1 aromatic carbocycles. The molecule has 29 heavy (non-hydrogen) atoms. The van der Waals surface area contributed by atoms with Crippen LogP contribution in [0.4, 0.5) is 0 Å². The van der Waals surface area contributed by atoms with Crippen LogP contribution in [-0.4, -0.2) is 64.8 Å². The molecule has 1 aliphatic heterocycles. The molecule has 0 saturated carbocycles. The van der Waals surface area contributed by atoms with E-state index < -0.39 is 10.0 Å². The van der Waals surface area contributed by atoms with Crippen LogP contribution in [0, 0.1) is 12.8 Å². The fraction of sp³-hybridized carbons (Fsp3) is 0.650. The summed E-state index contributed by atoms with van der Waals surface area (Å²) in [4.78, 5) is 4.71.